The molecule has 2 aromatic rings. The van der Waals surface area contributed by atoms with Crippen molar-refractivity contribution < 1.29 is 0 Å². The maximum atomic E-state index is 6.38. The van der Waals surface area contributed by atoms with Gasteiger partial charge in [-0.1, -0.05) is 24.1 Å². The average Bonchev–Trinajstić information content (AvgIpc) is 3.16. The third kappa shape index (κ3) is 3.62. The molecule has 2 fully saturated rings. The second-order valence-electron chi connectivity index (χ2n) is 7.71. The standard InChI is InChI=1S/C20H28N4.ClH/c1-14-6-7-16(17(10-14)20-8-9-22-23(20)2)12-24-11-15-4-3-5-19(21)18(15)13-24;/h6-10,15,18-19H,3-5,11-13,21H2,1-2H3;1H. The summed E-state index contributed by atoms with van der Waals surface area (Å²) in [5, 5.41) is 4.35. The zero-order valence-corrected chi connectivity index (χ0v) is 16.0. The van der Waals surface area contributed by atoms with E-state index >= 15 is 0 Å². The molecule has 1 aliphatic heterocycles. The monoisotopic (exact) mass is 360 g/mol. The van der Waals surface area contributed by atoms with Gasteiger partial charge in [0.05, 0.1) is 5.69 Å². The van der Waals surface area contributed by atoms with Gasteiger partial charge in [-0.05, 0) is 49.3 Å². The van der Waals surface area contributed by atoms with E-state index in [4.69, 9.17) is 5.73 Å². The lowest BCUT2D eigenvalue weighted by Crippen LogP contribution is -2.38. The maximum Gasteiger partial charge on any atom is 0.0682 e. The number of hydrogen-bond donors (Lipinski definition) is 1. The summed E-state index contributed by atoms with van der Waals surface area (Å²) in [6, 6.07) is 9.33. The van der Waals surface area contributed by atoms with E-state index in [-0.39, 0.29) is 12.4 Å². The van der Waals surface area contributed by atoms with Crippen LogP contribution in [0.15, 0.2) is 30.5 Å². The van der Waals surface area contributed by atoms with E-state index in [0.29, 0.717) is 12.0 Å². The summed E-state index contributed by atoms with van der Waals surface area (Å²) in [6.45, 7) is 5.54. The van der Waals surface area contributed by atoms with E-state index in [9.17, 15) is 0 Å². The van der Waals surface area contributed by atoms with Gasteiger partial charge in [0.15, 0.2) is 0 Å². The molecule has 3 atom stereocenters. The van der Waals surface area contributed by atoms with Gasteiger partial charge < -0.3 is 5.73 Å². The van der Waals surface area contributed by atoms with Crippen LogP contribution < -0.4 is 5.73 Å². The Bertz CT molecular complexity index is 726. The van der Waals surface area contributed by atoms with Gasteiger partial charge in [-0.2, -0.15) is 5.10 Å². The maximum absolute atomic E-state index is 6.38. The quantitative estimate of drug-likeness (QED) is 0.912. The lowest BCUT2D eigenvalue weighted by molar-refractivity contribution is 0.259. The molecule has 0 spiro atoms. The SMILES string of the molecule is Cc1ccc(CN2CC3CCCC(N)C3C2)c(-c2ccnn2C)c1.Cl. The highest BCUT2D eigenvalue weighted by molar-refractivity contribution is 5.85. The summed E-state index contributed by atoms with van der Waals surface area (Å²) in [4.78, 5) is 2.62. The fourth-order valence-electron chi connectivity index (χ4n) is 4.68. The Labute approximate surface area is 156 Å². The first-order chi connectivity index (χ1) is 11.6. The van der Waals surface area contributed by atoms with Gasteiger partial charge in [0.2, 0.25) is 0 Å². The lowest BCUT2D eigenvalue weighted by atomic mass is 9.78. The molecule has 3 unspecified atom stereocenters. The topological polar surface area (TPSA) is 47.1 Å². The minimum Gasteiger partial charge on any atom is -0.327 e. The smallest absolute Gasteiger partial charge is 0.0682 e. The van der Waals surface area contributed by atoms with Gasteiger partial charge in [0, 0.05) is 44.5 Å². The first-order valence-corrected chi connectivity index (χ1v) is 9.17. The van der Waals surface area contributed by atoms with Crippen LogP contribution in [0.5, 0.6) is 0 Å². The highest BCUT2D eigenvalue weighted by Crippen LogP contribution is 2.37. The molecule has 4 rings (SSSR count). The molecule has 1 aromatic heterocycles. The van der Waals surface area contributed by atoms with Crippen LogP contribution in [0.3, 0.4) is 0 Å². The molecule has 0 amide bonds. The molecule has 25 heavy (non-hydrogen) atoms. The number of aromatic nitrogens is 2. The van der Waals surface area contributed by atoms with Crippen molar-refractivity contribution in [3.63, 3.8) is 0 Å². The van der Waals surface area contributed by atoms with Crippen LogP contribution in [-0.2, 0) is 13.6 Å². The molecular formula is C20H29ClN4. The van der Waals surface area contributed by atoms with Crippen molar-refractivity contribution in [2.75, 3.05) is 13.1 Å². The van der Waals surface area contributed by atoms with Crippen LogP contribution in [0.4, 0.5) is 0 Å². The number of benzene rings is 1. The first kappa shape index (κ1) is 18.4. The summed E-state index contributed by atoms with van der Waals surface area (Å²) in [5.41, 5.74) is 11.6. The Morgan fingerprint density at radius 1 is 1.20 bits per heavy atom. The van der Waals surface area contributed by atoms with Crippen molar-refractivity contribution in [3.05, 3.63) is 41.6 Å². The molecule has 136 valence electrons. The van der Waals surface area contributed by atoms with Crippen molar-refractivity contribution in [2.45, 2.75) is 38.8 Å². The van der Waals surface area contributed by atoms with E-state index in [2.05, 4.69) is 41.2 Å². The minimum atomic E-state index is 0. The van der Waals surface area contributed by atoms with Gasteiger partial charge in [0.25, 0.3) is 0 Å². The van der Waals surface area contributed by atoms with Crippen molar-refractivity contribution >= 4 is 12.4 Å². The van der Waals surface area contributed by atoms with Crippen LogP contribution in [-0.4, -0.2) is 33.8 Å². The zero-order valence-electron chi connectivity index (χ0n) is 15.2. The van der Waals surface area contributed by atoms with Crippen LogP contribution in [0.25, 0.3) is 11.3 Å². The predicted molar refractivity (Wildman–Crippen MR) is 105 cm³/mol. The Balaban J connectivity index is 0.00000182. The number of aryl methyl sites for hydroxylation is 2. The van der Waals surface area contributed by atoms with Crippen LogP contribution >= 0.6 is 12.4 Å². The van der Waals surface area contributed by atoms with E-state index in [0.717, 1.165) is 19.0 Å². The van der Waals surface area contributed by atoms with Gasteiger partial charge in [-0.25, -0.2) is 0 Å². The van der Waals surface area contributed by atoms with E-state index in [1.54, 1.807) is 0 Å². The molecule has 1 aliphatic carbocycles. The number of hydrogen-bond acceptors (Lipinski definition) is 3. The molecule has 1 saturated heterocycles. The molecular weight excluding hydrogens is 332 g/mol. The Kier molecular flexibility index (Phi) is 5.52. The fourth-order valence-corrected chi connectivity index (χ4v) is 4.68. The third-order valence-corrected chi connectivity index (χ3v) is 5.99. The Morgan fingerprint density at radius 3 is 2.76 bits per heavy atom. The number of halogens is 1. The summed E-state index contributed by atoms with van der Waals surface area (Å²) < 4.78 is 1.97. The van der Waals surface area contributed by atoms with Gasteiger partial charge in [-0.3, -0.25) is 9.58 Å². The third-order valence-electron chi connectivity index (χ3n) is 5.99. The molecule has 4 nitrogen and oxygen atoms in total. The fraction of sp³-hybridized carbons (Fsp3) is 0.550. The lowest BCUT2D eigenvalue weighted by Gasteiger charge is -2.29. The van der Waals surface area contributed by atoms with E-state index in [1.807, 2.05) is 17.9 Å². The Morgan fingerprint density at radius 2 is 2.04 bits per heavy atom. The van der Waals surface area contributed by atoms with Crippen LogP contribution in [0, 0.1) is 18.8 Å². The molecule has 2 heterocycles. The van der Waals surface area contributed by atoms with Crippen LogP contribution in [0.2, 0.25) is 0 Å². The van der Waals surface area contributed by atoms with Crippen LogP contribution in [0.1, 0.15) is 30.4 Å². The molecule has 2 N–H and O–H groups in total. The molecule has 0 radical (unpaired) electrons. The molecule has 5 heteroatoms. The number of likely N-dealkylation sites (tertiary alicyclic amines) is 1. The summed E-state index contributed by atoms with van der Waals surface area (Å²) in [7, 11) is 2.02. The largest absolute Gasteiger partial charge is 0.327 e. The van der Waals surface area contributed by atoms with Gasteiger partial charge in [0.1, 0.15) is 0 Å². The van der Waals surface area contributed by atoms with Crippen molar-refractivity contribution in [2.24, 2.45) is 24.6 Å². The molecule has 0 bridgehead atoms. The number of rotatable bonds is 3. The number of nitrogens with two attached hydrogens (primary N) is 1. The highest BCUT2D eigenvalue weighted by atomic mass is 35.5. The first-order valence-electron chi connectivity index (χ1n) is 9.17. The highest BCUT2D eigenvalue weighted by Gasteiger charge is 2.38. The van der Waals surface area contributed by atoms with Crippen molar-refractivity contribution in [1.82, 2.24) is 14.7 Å². The minimum absolute atomic E-state index is 0. The van der Waals surface area contributed by atoms with Crippen molar-refractivity contribution in [1.29, 1.82) is 0 Å². The molecule has 1 saturated carbocycles. The second kappa shape index (κ2) is 7.48. The predicted octanol–water partition coefficient (Wildman–Crippen LogP) is 3.38. The van der Waals surface area contributed by atoms with Gasteiger partial charge >= 0.3 is 0 Å². The Hall–Kier alpha value is -1.36. The second-order valence-corrected chi connectivity index (χ2v) is 7.71. The molecule has 1 aromatic carbocycles. The summed E-state index contributed by atoms with van der Waals surface area (Å²) in [5.74, 6) is 1.50. The normalized spacial score (nSPS) is 26.3. The summed E-state index contributed by atoms with van der Waals surface area (Å²) >= 11 is 0. The summed E-state index contributed by atoms with van der Waals surface area (Å²) in [6.07, 6.45) is 5.75. The van der Waals surface area contributed by atoms with Gasteiger partial charge in [-0.15, -0.1) is 12.4 Å². The average molecular weight is 361 g/mol. The molecule has 2 aliphatic rings. The van der Waals surface area contributed by atoms with Crippen molar-refractivity contribution in [3.8, 4) is 11.3 Å². The van der Waals surface area contributed by atoms with E-state index in [1.165, 1.54) is 48.2 Å². The van der Waals surface area contributed by atoms with E-state index < -0.39 is 0 Å². The number of nitrogens with zero attached hydrogens (tertiary/aromatic N) is 3. The number of fused-ring (bicyclic) bond motifs is 1. The zero-order chi connectivity index (χ0) is 16.7.